The van der Waals surface area contributed by atoms with E-state index in [1.807, 2.05) is 0 Å². The van der Waals surface area contributed by atoms with Gasteiger partial charge in [-0.3, -0.25) is 10.2 Å². The predicted octanol–water partition coefficient (Wildman–Crippen LogP) is 3.45. The zero-order valence-corrected chi connectivity index (χ0v) is 14.6. The molecular formula is C17H18ClF3N4O. The number of carbonyl (C=O) groups is 1. The molecule has 0 heterocycles. The number of nitrogens with zero attached hydrogens (tertiary/aromatic N) is 1. The Labute approximate surface area is 154 Å². The molecule has 0 aliphatic carbocycles. The van der Waals surface area contributed by atoms with Crippen molar-refractivity contribution in [3.63, 3.8) is 0 Å². The summed E-state index contributed by atoms with van der Waals surface area (Å²) in [6.07, 6.45) is -1.09. The Balaban J connectivity index is 0.000000765. The number of carbonyl (C=O) groups excluding carboxylic acids is 1. The van der Waals surface area contributed by atoms with E-state index < -0.39 is 11.7 Å². The first-order valence-electron chi connectivity index (χ1n) is 7.23. The fourth-order valence-electron chi connectivity index (χ4n) is 2.07. The lowest BCUT2D eigenvalue weighted by atomic mass is 10.0. The molecule has 5 nitrogen and oxygen atoms in total. The third-order valence-corrected chi connectivity index (χ3v) is 3.50. The molecule has 1 amide bonds. The summed E-state index contributed by atoms with van der Waals surface area (Å²) in [5.41, 5.74) is 2.31. The summed E-state index contributed by atoms with van der Waals surface area (Å²) in [4.78, 5) is 8.94. The van der Waals surface area contributed by atoms with Gasteiger partial charge in [-0.1, -0.05) is 48.0 Å². The zero-order valence-electron chi connectivity index (χ0n) is 13.8. The van der Waals surface area contributed by atoms with Gasteiger partial charge < -0.3 is 5.01 Å². The number of benzene rings is 2. The Morgan fingerprint density at radius 3 is 2.27 bits per heavy atom. The lowest BCUT2D eigenvalue weighted by Gasteiger charge is -2.16. The number of anilines is 1. The van der Waals surface area contributed by atoms with Gasteiger partial charge in [-0.2, -0.15) is 13.2 Å². The fourth-order valence-corrected chi connectivity index (χ4v) is 2.30. The van der Waals surface area contributed by atoms with E-state index in [4.69, 9.17) is 22.2 Å². The van der Waals surface area contributed by atoms with Crippen LogP contribution in [-0.2, 0) is 11.0 Å². The van der Waals surface area contributed by atoms with E-state index in [9.17, 15) is 13.2 Å². The minimum absolute atomic E-state index is 0.0699. The molecular weight excluding hydrogens is 369 g/mol. The highest BCUT2D eigenvalue weighted by Gasteiger charge is 2.32. The number of nitrogens with two attached hydrogens (primary N) is 2. The minimum atomic E-state index is -4.41. The van der Waals surface area contributed by atoms with Crippen LogP contribution < -0.4 is 22.1 Å². The van der Waals surface area contributed by atoms with Crippen molar-refractivity contribution in [2.45, 2.75) is 6.18 Å². The van der Waals surface area contributed by atoms with E-state index >= 15 is 0 Å². The zero-order chi connectivity index (χ0) is 19.7. The van der Waals surface area contributed by atoms with Crippen LogP contribution in [0.5, 0.6) is 0 Å². The summed E-state index contributed by atoms with van der Waals surface area (Å²) >= 11 is 6.11. The second-order valence-electron chi connectivity index (χ2n) is 4.99. The van der Waals surface area contributed by atoms with Gasteiger partial charge in [0.1, 0.15) is 0 Å². The molecule has 5 N–H and O–H groups in total. The molecule has 0 saturated carbocycles. The minimum Gasteiger partial charge on any atom is -0.313 e. The SMILES string of the molecule is CN(N)c1cccc(Cl)c1/C=C/c1ccccc1C(F)(F)F.NNC=O. The van der Waals surface area contributed by atoms with Crippen molar-refractivity contribution in [1.29, 1.82) is 0 Å². The van der Waals surface area contributed by atoms with Crippen molar-refractivity contribution < 1.29 is 18.0 Å². The van der Waals surface area contributed by atoms with Gasteiger partial charge in [0, 0.05) is 17.6 Å². The number of alkyl halides is 3. The van der Waals surface area contributed by atoms with Gasteiger partial charge >= 0.3 is 6.18 Å². The van der Waals surface area contributed by atoms with Gasteiger partial charge in [-0.15, -0.1) is 0 Å². The van der Waals surface area contributed by atoms with Crippen LogP contribution in [0, 0.1) is 0 Å². The van der Waals surface area contributed by atoms with Crippen LogP contribution >= 0.6 is 11.6 Å². The van der Waals surface area contributed by atoms with Crippen LogP contribution in [0.25, 0.3) is 12.2 Å². The average molecular weight is 387 g/mol. The third kappa shape index (κ3) is 6.07. The maximum absolute atomic E-state index is 13.0. The normalized spacial score (nSPS) is 10.9. The Morgan fingerprint density at radius 2 is 1.73 bits per heavy atom. The lowest BCUT2D eigenvalue weighted by Crippen LogP contribution is -2.25. The molecule has 140 valence electrons. The van der Waals surface area contributed by atoms with Crippen LogP contribution in [0.15, 0.2) is 42.5 Å². The average Bonchev–Trinajstić information content (AvgIpc) is 2.60. The molecule has 0 aliphatic rings. The van der Waals surface area contributed by atoms with Crippen molar-refractivity contribution in [2.75, 3.05) is 12.1 Å². The summed E-state index contributed by atoms with van der Waals surface area (Å²) in [6, 6.07) is 10.5. The monoisotopic (exact) mass is 386 g/mol. The first kappa shape index (κ1) is 21.5. The number of hydrogen-bond acceptors (Lipinski definition) is 4. The van der Waals surface area contributed by atoms with E-state index in [2.05, 4.69) is 5.84 Å². The highest BCUT2D eigenvalue weighted by Crippen LogP contribution is 2.33. The second-order valence-corrected chi connectivity index (χ2v) is 5.39. The van der Waals surface area contributed by atoms with Crippen molar-refractivity contribution in [1.82, 2.24) is 5.43 Å². The molecule has 2 aromatic carbocycles. The largest absolute Gasteiger partial charge is 0.416 e. The Kier molecular flexibility index (Phi) is 8.11. The summed E-state index contributed by atoms with van der Waals surface area (Å²) < 4.78 is 38.9. The van der Waals surface area contributed by atoms with Crippen molar-refractivity contribution in [3.05, 3.63) is 64.2 Å². The summed E-state index contributed by atoms with van der Waals surface area (Å²) in [7, 11) is 1.63. The van der Waals surface area contributed by atoms with Crippen molar-refractivity contribution >= 4 is 35.9 Å². The number of hydrazine groups is 2. The van der Waals surface area contributed by atoms with E-state index in [0.29, 0.717) is 22.7 Å². The molecule has 2 rings (SSSR count). The first-order valence-corrected chi connectivity index (χ1v) is 7.61. The van der Waals surface area contributed by atoms with Gasteiger partial charge in [-0.05, 0) is 23.8 Å². The summed E-state index contributed by atoms with van der Waals surface area (Å²) in [5, 5.41) is 1.77. The molecule has 0 fully saturated rings. The standard InChI is InChI=1S/C16H14ClF3N2.CH4N2O/c1-22(21)15-8-4-7-14(17)12(15)10-9-11-5-2-3-6-13(11)16(18,19)20;2-3-1-4/h2-10H,21H2,1H3;1H,2H2,(H,3,4)/b10-9+;. The van der Waals surface area contributed by atoms with Gasteiger partial charge in [-0.25, -0.2) is 11.7 Å². The number of rotatable bonds is 4. The Hall–Kier alpha value is -2.55. The maximum Gasteiger partial charge on any atom is 0.416 e. The summed E-state index contributed by atoms with van der Waals surface area (Å²) in [6.45, 7) is 0. The van der Waals surface area contributed by atoms with Crippen molar-refractivity contribution in [2.24, 2.45) is 11.7 Å². The summed E-state index contributed by atoms with van der Waals surface area (Å²) in [5.74, 6) is 10.1. The molecule has 0 unspecified atom stereocenters. The van der Waals surface area contributed by atoms with Crippen molar-refractivity contribution in [3.8, 4) is 0 Å². The topological polar surface area (TPSA) is 84.4 Å². The van der Waals surface area contributed by atoms with E-state index in [1.165, 1.54) is 29.3 Å². The lowest BCUT2D eigenvalue weighted by molar-refractivity contribution is -0.137. The van der Waals surface area contributed by atoms with Gasteiger partial charge in [0.2, 0.25) is 6.41 Å². The molecule has 26 heavy (non-hydrogen) atoms. The van der Waals surface area contributed by atoms with Crippen LogP contribution in [0.1, 0.15) is 16.7 Å². The smallest absolute Gasteiger partial charge is 0.313 e. The second kappa shape index (κ2) is 9.81. The van der Waals surface area contributed by atoms with Crippen LogP contribution in [0.4, 0.5) is 18.9 Å². The van der Waals surface area contributed by atoms with E-state index in [1.54, 1.807) is 36.7 Å². The Morgan fingerprint density at radius 1 is 1.12 bits per heavy atom. The van der Waals surface area contributed by atoms with E-state index in [-0.39, 0.29) is 5.56 Å². The highest BCUT2D eigenvalue weighted by atomic mass is 35.5. The molecule has 0 atom stereocenters. The first-order chi connectivity index (χ1) is 12.2. The number of hydrogen-bond donors (Lipinski definition) is 3. The van der Waals surface area contributed by atoms with E-state index in [0.717, 1.165) is 6.07 Å². The molecule has 0 aliphatic heterocycles. The molecule has 0 spiro atoms. The van der Waals surface area contributed by atoms with Crippen LogP contribution in [-0.4, -0.2) is 13.5 Å². The van der Waals surface area contributed by atoms with Crippen LogP contribution in [0.3, 0.4) is 0 Å². The number of nitrogens with one attached hydrogen (secondary N) is 1. The molecule has 9 heteroatoms. The quantitative estimate of drug-likeness (QED) is 0.247. The molecule has 0 saturated heterocycles. The van der Waals surface area contributed by atoms with Gasteiger partial charge in [0.05, 0.1) is 11.3 Å². The van der Waals surface area contributed by atoms with Gasteiger partial charge in [0.25, 0.3) is 0 Å². The highest BCUT2D eigenvalue weighted by molar-refractivity contribution is 6.32. The fraction of sp³-hybridized carbons (Fsp3) is 0.118. The Bertz CT molecular complexity index is 764. The molecule has 0 radical (unpaired) electrons. The third-order valence-electron chi connectivity index (χ3n) is 3.17. The number of halogens is 4. The predicted molar refractivity (Wildman–Crippen MR) is 97.8 cm³/mol. The molecule has 0 bridgehead atoms. The molecule has 2 aromatic rings. The maximum atomic E-state index is 13.0. The van der Waals surface area contributed by atoms with Crippen LogP contribution in [0.2, 0.25) is 5.02 Å². The molecule has 0 aromatic heterocycles. The van der Waals surface area contributed by atoms with Gasteiger partial charge in [0.15, 0.2) is 0 Å². The number of amides is 1.